The molecule has 1 aliphatic heterocycles. The summed E-state index contributed by atoms with van der Waals surface area (Å²) in [6.07, 6.45) is -4.46. The lowest BCUT2D eigenvalue weighted by Crippen LogP contribution is -2.63. The number of nitrogens with zero attached hydrogens (tertiary/aromatic N) is 2. The fourth-order valence-electron chi connectivity index (χ4n) is 3.21. The fourth-order valence-corrected chi connectivity index (χ4v) is 6.34. The minimum atomic E-state index is -4.46. The maximum atomic E-state index is 12.7. The second kappa shape index (κ2) is 8.36. The van der Waals surface area contributed by atoms with Crippen LogP contribution < -0.4 is 0 Å². The van der Waals surface area contributed by atoms with Gasteiger partial charge in [0.15, 0.2) is 8.80 Å². The van der Waals surface area contributed by atoms with Crippen LogP contribution in [0.5, 0.6) is 0 Å². The van der Waals surface area contributed by atoms with E-state index in [1.807, 2.05) is 0 Å². The Kier molecular flexibility index (Phi) is 6.70. The molecule has 0 atom stereocenters. The van der Waals surface area contributed by atoms with E-state index in [1.54, 1.807) is 20.8 Å². The summed E-state index contributed by atoms with van der Waals surface area (Å²) in [5.74, 6) is -0.882. The van der Waals surface area contributed by atoms with Crippen molar-refractivity contribution in [3.05, 3.63) is 35.4 Å². The molecule has 5 nitrogen and oxygen atoms in total. The minimum Gasteiger partial charge on any atom is -0.465 e. The highest BCUT2D eigenvalue weighted by Crippen LogP contribution is 2.41. The Morgan fingerprint density at radius 3 is 2.21 bits per heavy atom. The molecule has 10 heteroatoms. The molecule has 2 rings (SSSR count). The Bertz CT molecular complexity index is 810. The number of amides is 1. The van der Waals surface area contributed by atoms with Crippen LogP contribution in [0.2, 0.25) is 12.1 Å². The van der Waals surface area contributed by atoms with Gasteiger partial charge in [-0.1, -0.05) is 12.1 Å². The third-order valence-electron chi connectivity index (χ3n) is 4.67. The Morgan fingerprint density at radius 2 is 1.79 bits per heavy atom. The molecule has 0 bridgehead atoms. The van der Waals surface area contributed by atoms with Crippen molar-refractivity contribution in [1.82, 2.24) is 4.90 Å². The molecule has 0 N–H and O–H groups in total. The van der Waals surface area contributed by atoms with Gasteiger partial charge in [-0.25, -0.2) is 0 Å². The van der Waals surface area contributed by atoms with Crippen molar-refractivity contribution < 1.29 is 27.5 Å². The van der Waals surface area contributed by atoms with Gasteiger partial charge < -0.3 is 9.64 Å². The summed E-state index contributed by atoms with van der Waals surface area (Å²) < 4.78 is 43.6. The highest BCUT2D eigenvalue weighted by molar-refractivity contribution is 6.91. The lowest BCUT2D eigenvalue weighted by Gasteiger charge is -2.48. The van der Waals surface area contributed by atoms with E-state index in [4.69, 9.17) is 16.3 Å². The van der Waals surface area contributed by atoms with Gasteiger partial charge in [0, 0.05) is 6.54 Å². The van der Waals surface area contributed by atoms with E-state index in [0.717, 1.165) is 12.1 Å². The minimum absolute atomic E-state index is 0.0628. The summed E-state index contributed by atoms with van der Waals surface area (Å²) in [7, 11) is -2.05. The number of halogens is 4. The maximum absolute atomic E-state index is 12.7. The van der Waals surface area contributed by atoms with Crippen LogP contribution in [0.15, 0.2) is 24.3 Å². The van der Waals surface area contributed by atoms with Crippen LogP contribution in [0.4, 0.5) is 18.0 Å². The van der Waals surface area contributed by atoms with Crippen molar-refractivity contribution in [3.8, 4) is 6.07 Å². The van der Waals surface area contributed by atoms with Crippen molar-refractivity contribution in [2.24, 2.45) is 0 Å². The van der Waals surface area contributed by atoms with Crippen LogP contribution in [0.25, 0.3) is 0 Å². The van der Waals surface area contributed by atoms with Gasteiger partial charge in [0.1, 0.15) is 17.0 Å². The number of carbonyl (C=O) groups excluding carboxylic acids is 2. The van der Waals surface area contributed by atoms with Crippen LogP contribution in [0.3, 0.4) is 0 Å². The number of hydrogen-bond acceptors (Lipinski definition) is 4. The van der Waals surface area contributed by atoms with Crippen LogP contribution in [-0.4, -0.2) is 42.2 Å². The quantitative estimate of drug-likeness (QED) is 0.499. The van der Waals surface area contributed by atoms with Crippen molar-refractivity contribution in [3.63, 3.8) is 0 Å². The zero-order valence-corrected chi connectivity index (χ0v) is 18.3. The largest absolute Gasteiger partial charge is 0.465 e. The van der Waals surface area contributed by atoms with E-state index in [-0.39, 0.29) is 30.1 Å². The van der Waals surface area contributed by atoms with Gasteiger partial charge >= 0.3 is 6.18 Å². The van der Waals surface area contributed by atoms with Crippen molar-refractivity contribution >= 4 is 31.9 Å². The Hall–Kier alpha value is -2.05. The summed E-state index contributed by atoms with van der Waals surface area (Å²) in [5, 5.41) is 9.75. The molecule has 1 amide bonds. The zero-order chi connectivity index (χ0) is 22.0. The summed E-state index contributed by atoms with van der Waals surface area (Å²) >= 11 is 5.70. The van der Waals surface area contributed by atoms with Crippen molar-refractivity contribution in [2.45, 2.75) is 56.7 Å². The van der Waals surface area contributed by atoms with E-state index in [9.17, 15) is 28.0 Å². The highest BCUT2D eigenvalue weighted by atomic mass is 35.5. The van der Waals surface area contributed by atoms with E-state index in [2.05, 4.69) is 6.07 Å². The van der Waals surface area contributed by atoms with E-state index in [0.29, 0.717) is 5.56 Å². The molecule has 0 radical (unpaired) electrons. The molecule has 158 valence electrons. The van der Waals surface area contributed by atoms with E-state index < -0.39 is 37.6 Å². The molecule has 1 aromatic rings. The zero-order valence-electron chi connectivity index (χ0n) is 16.3. The topological polar surface area (TPSA) is 70.4 Å². The molecule has 0 aliphatic carbocycles. The van der Waals surface area contributed by atoms with Crippen molar-refractivity contribution in [2.75, 3.05) is 5.88 Å². The smallest absolute Gasteiger partial charge is 0.416 e. The highest BCUT2D eigenvalue weighted by Gasteiger charge is 2.55. The Morgan fingerprint density at radius 1 is 1.24 bits per heavy atom. The summed E-state index contributed by atoms with van der Waals surface area (Å²) in [6, 6.07) is 6.97. The molecular weight excluding hydrogens is 425 g/mol. The van der Waals surface area contributed by atoms with Crippen LogP contribution >= 0.6 is 11.6 Å². The van der Waals surface area contributed by atoms with Crippen LogP contribution in [0, 0.1) is 11.3 Å². The Labute approximate surface area is 174 Å². The summed E-state index contributed by atoms with van der Waals surface area (Å²) in [5.41, 5.74) is -2.50. The first-order valence-corrected chi connectivity index (χ1v) is 11.7. The van der Waals surface area contributed by atoms with Crippen LogP contribution in [-0.2, 0) is 22.3 Å². The van der Waals surface area contributed by atoms with Gasteiger partial charge in [0.25, 0.3) is 5.59 Å². The number of hydrogen-bond donors (Lipinski definition) is 0. The Balaban J connectivity index is 2.18. The number of benzene rings is 1. The molecule has 1 heterocycles. The molecule has 1 aliphatic rings. The first-order valence-electron chi connectivity index (χ1n) is 8.98. The second-order valence-electron chi connectivity index (χ2n) is 8.09. The third kappa shape index (κ3) is 5.51. The average molecular weight is 447 g/mol. The third-order valence-corrected chi connectivity index (χ3v) is 8.02. The van der Waals surface area contributed by atoms with Gasteiger partial charge in [0.05, 0.1) is 11.6 Å². The van der Waals surface area contributed by atoms with Gasteiger partial charge in [-0.2, -0.15) is 18.4 Å². The van der Waals surface area contributed by atoms with Gasteiger partial charge in [-0.15, -0.1) is 11.6 Å². The first kappa shape index (κ1) is 23.2. The predicted octanol–water partition coefficient (Wildman–Crippen LogP) is 4.29. The number of ether oxygens (including phenoxy) is 1. The molecule has 0 unspecified atom stereocenters. The molecular formula is C19H22ClF3N2O3Si. The molecule has 1 fully saturated rings. The second-order valence-corrected chi connectivity index (χ2v) is 11.0. The molecule has 1 aromatic carbocycles. The standard InChI is InChI=1S/C19H22ClF3N2O3Si/c1-17(2,3)28-16(27)29-11-18(10-24,12-29)25(15(26)8-20)9-13-4-6-14(7-5-13)19(21,22)23/h4-7,29H,8-9,11-12H2,1-3H3. The molecule has 0 saturated carbocycles. The molecule has 0 aromatic heterocycles. The lowest BCUT2D eigenvalue weighted by molar-refractivity contribution is -0.137. The van der Waals surface area contributed by atoms with Gasteiger partial charge in [-0.3, -0.25) is 9.59 Å². The predicted molar refractivity (Wildman–Crippen MR) is 104 cm³/mol. The normalized spacial score (nSPS) is 21.7. The van der Waals surface area contributed by atoms with Crippen molar-refractivity contribution in [1.29, 1.82) is 5.26 Å². The van der Waals surface area contributed by atoms with E-state index >= 15 is 0 Å². The average Bonchev–Trinajstić information content (AvgIpc) is 2.57. The van der Waals surface area contributed by atoms with Gasteiger partial charge in [0.2, 0.25) is 5.91 Å². The van der Waals surface area contributed by atoms with Gasteiger partial charge in [-0.05, 0) is 50.6 Å². The summed E-state index contributed by atoms with van der Waals surface area (Å²) in [4.78, 5) is 26.0. The number of carbonyl (C=O) groups is 2. The summed E-state index contributed by atoms with van der Waals surface area (Å²) in [6.45, 7) is 5.20. The molecule has 1 saturated heterocycles. The number of nitriles is 1. The SMILES string of the molecule is CC(C)(C)OC(=O)[SiH]1CC(C#N)(N(Cc2ccc(C(F)(F)F)cc2)C(=O)CCl)C1. The number of alkyl halides is 4. The lowest BCUT2D eigenvalue weighted by atomic mass is 10.0. The number of rotatable bonds is 5. The fraction of sp³-hybridized carbons (Fsp3) is 0.526. The van der Waals surface area contributed by atoms with Crippen LogP contribution in [0.1, 0.15) is 31.9 Å². The molecule has 29 heavy (non-hydrogen) atoms. The monoisotopic (exact) mass is 446 g/mol. The first-order chi connectivity index (χ1) is 13.3. The molecule has 0 spiro atoms. The maximum Gasteiger partial charge on any atom is 0.416 e. The van der Waals surface area contributed by atoms with E-state index in [1.165, 1.54) is 17.0 Å².